The van der Waals surface area contributed by atoms with Gasteiger partial charge in [0.2, 0.25) is 0 Å². The van der Waals surface area contributed by atoms with Crippen LogP contribution in [0.15, 0.2) is 0 Å². The van der Waals surface area contributed by atoms with E-state index in [9.17, 15) is 4.79 Å². The summed E-state index contributed by atoms with van der Waals surface area (Å²) in [6, 6.07) is 0. The highest BCUT2D eigenvalue weighted by molar-refractivity contribution is 5.76. The topological polar surface area (TPSA) is 66.8 Å². The van der Waals surface area contributed by atoms with E-state index in [2.05, 4.69) is 10.7 Å². The number of aliphatic hydroxyl groups is 2. The molecular formula is C7H10O4. The molecule has 62 valence electrons. The van der Waals surface area contributed by atoms with Crippen molar-refractivity contribution in [2.45, 2.75) is 19.1 Å². The Morgan fingerprint density at radius 3 is 2.64 bits per heavy atom. The van der Waals surface area contributed by atoms with Gasteiger partial charge >= 0.3 is 5.97 Å². The van der Waals surface area contributed by atoms with Gasteiger partial charge in [-0.3, -0.25) is 0 Å². The quantitative estimate of drug-likeness (QED) is 0.245. The molecule has 0 aliphatic heterocycles. The highest BCUT2D eigenvalue weighted by Gasteiger charge is 2.28. The summed E-state index contributed by atoms with van der Waals surface area (Å²) in [5.74, 6) is -1.28. The van der Waals surface area contributed by atoms with Crippen molar-refractivity contribution >= 4 is 5.97 Å². The van der Waals surface area contributed by atoms with E-state index < -0.39 is 11.8 Å². The molecule has 0 heterocycles. The fraction of sp³-hybridized carbons (Fsp3) is 0.571. The van der Waals surface area contributed by atoms with Crippen LogP contribution in [0.3, 0.4) is 0 Å². The van der Waals surface area contributed by atoms with E-state index >= 15 is 0 Å². The first kappa shape index (κ1) is 9.95. The van der Waals surface area contributed by atoms with E-state index in [4.69, 9.17) is 16.6 Å². The number of ether oxygens (including phenoxy) is 1. The predicted octanol–water partition coefficient (Wildman–Crippen LogP) is -0.746. The zero-order valence-corrected chi connectivity index (χ0v) is 6.20. The fourth-order valence-electron chi connectivity index (χ4n) is 0.339. The van der Waals surface area contributed by atoms with Gasteiger partial charge in [-0.15, -0.1) is 12.3 Å². The second-order valence-corrected chi connectivity index (χ2v) is 2.11. The van der Waals surface area contributed by atoms with Crippen LogP contribution in [0.5, 0.6) is 0 Å². The van der Waals surface area contributed by atoms with Gasteiger partial charge in [-0.05, 0) is 0 Å². The van der Waals surface area contributed by atoms with Crippen LogP contribution in [-0.4, -0.2) is 28.6 Å². The Morgan fingerprint density at radius 2 is 2.27 bits per heavy atom. The lowest BCUT2D eigenvalue weighted by Crippen LogP contribution is -2.36. The first-order valence-electron chi connectivity index (χ1n) is 3.04. The van der Waals surface area contributed by atoms with Gasteiger partial charge in [0, 0.05) is 13.3 Å². The number of carbonyl (C=O) groups excluding carboxylic acids is 1. The fourth-order valence-corrected chi connectivity index (χ4v) is 0.339. The van der Waals surface area contributed by atoms with E-state index in [0.717, 1.165) is 6.92 Å². The predicted molar refractivity (Wildman–Crippen MR) is 37.3 cm³/mol. The lowest BCUT2D eigenvalue weighted by Gasteiger charge is -2.13. The molecule has 0 bridgehead atoms. The molecule has 0 unspecified atom stereocenters. The van der Waals surface area contributed by atoms with Crippen LogP contribution in [0.2, 0.25) is 0 Å². The van der Waals surface area contributed by atoms with E-state index in [1.165, 1.54) is 0 Å². The maximum Gasteiger partial charge on any atom is 0.366 e. The van der Waals surface area contributed by atoms with Crippen molar-refractivity contribution in [3.8, 4) is 12.3 Å². The molecule has 0 aromatic heterocycles. The smallest absolute Gasteiger partial charge is 0.366 e. The van der Waals surface area contributed by atoms with Gasteiger partial charge in [0.15, 0.2) is 0 Å². The molecule has 0 spiro atoms. The number of terminal acetylenes is 1. The van der Waals surface area contributed by atoms with Gasteiger partial charge in [-0.25, -0.2) is 4.79 Å². The Bertz CT molecular complexity index is 172. The molecule has 11 heavy (non-hydrogen) atoms. The van der Waals surface area contributed by atoms with Crippen molar-refractivity contribution < 1.29 is 19.7 Å². The molecule has 4 heteroatoms. The van der Waals surface area contributed by atoms with Gasteiger partial charge in [0.05, 0.1) is 0 Å². The molecule has 0 radical (unpaired) electrons. The molecule has 0 amide bonds. The minimum atomic E-state index is -2.42. The lowest BCUT2D eigenvalue weighted by molar-refractivity contribution is -0.202. The molecule has 0 aliphatic rings. The van der Waals surface area contributed by atoms with E-state index in [-0.39, 0.29) is 13.0 Å². The van der Waals surface area contributed by atoms with Crippen molar-refractivity contribution in [2.75, 3.05) is 6.61 Å². The van der Waals surface area contributed by atoms with Gasteiger partial charge < -0.3 is 14.9 Å². The highest BCUT2D eigenvalue weighted by atomic mass is 16.6. The van der Waals surface area contributed by atoms with Crippen LogP contribution >= 0.6 is 0 Å². The maximum absolute atomic E-state index is 10.5. The molecule has 0 rings (SSSR count). The Balaban J connectivity index is 3.64. The number of rotatable bonds is 3. The van der Waals surface area contributed by atoms with Crippen LogP contribution in [0.1, 0.15) is 13.3 Å². The van der Waals surface area contributed by atoms with Gasteiger partial charge in [0.1, 0.15) is 6.61 Å². The molecule has 4 nitrogen and oxygen atoms in total. The zero-order valence-electron chi connectivity index (χ0n) is 6.20. The number of hydrogen-bond acceptors (Lipinski definition) is 4. The van der Waals surface area contributed by atoms with Crippen molar-refractivity contribution in [1.82, 2.24) is 0 Å². The van der Waals surface area contributed by atoms with Crippen LogP contribution in [0.25, 0.3) is 0 Å². The summed E-state index contributed by atoms with van der Waals surface area (Å²) < 4.78 is 4.37. The first-order chi connectivity index (χ1) is 4.98. The summed E-state index contributed by atoms with van der Waals surface area (Å²) in [6.07, 6.45) is 5.12. The molecule has 0 fully saturated rings. The maximum atomic E-state index is 10.5. The van der Waals surface area contributed by atoms with Crippen LogP contribution in [0.4, 0.5) is 0 Å². The Morgan fingerprint density at radius 1 is 1.73 bits per heavy atom. The summed E-state index contributed by atoms with van der Waals surface area (Å²) in [5.41, 5.74) is 0. The second-order valence-electron chi connectivity index (χ2n) is 2.11. The zero-order chi connectivity index (χ0) is 8.91. The molecular weight excluding hydrogens is 148 g/mol. The third kappa shape index (κ3) is 4.37. The van der Waals surface area contributed by atoms with Crippen molar-refractivity contribution in [2.24, 2.45) is 0 Å². The molecule has 0 aliphatic carbocycles. The number of hydrogen-bond donors (Lipinski definition) is 2. The van der Waals surface area contributed by atoms with Gasteiger partial charge in [0.25, 0.3) is 5.79 Å². The standard InChI is InChI=1S/C7H10O4/c1-3-4-5-11-6(8)7(2,9)10/h1,9-10H,4-5H2,2H3. The highest BCUT2D eigenvalue weighted by Crippen LogP contribution is 1.99. The van der Waals surface area contributed by atoms with E-state index in [1.54, 1.807) is 0 Å². The second kappa shape index (κ2) is 3.96. The third-order valence-electron chi connectivity index (χ3n) is 0.866. The SMILES string of the molecule is C#CCCOC(=O)C(C)(O)O. The minimum Gasteiger partial charge on any atom is -0.461 e. The van der Waals surface area contributed by atoms with Crippen LogP contribution in [-0.2, 0) is 9.53 Å². The monoisotopic (exact) mass is 158 g/mol. The van der Waals surface area contributed by atoms with Crippen LogP contribution in [0, 0.1) is 12.3 Å². The largest absolute Gasteiger partial charge is 0.461 e. The number of esters is 1. The van der Waals surface area contributed by atoms with E-state index in [1.807, 2.05) is 0 Å². The summed E-state index contributed by atoms with van der Waals surface area (Å²) in [5, 5.41) is 17.2. The summed E-state index contributed by atoms with van der Waals surface area (Å²) in [6.45, 7) is 0.928. The Hall–Kier alpha value is -1.05. The third-order valence-corrected chi connectivity index (χ3v) is 0.866. The van der Waals surface area contributed by atoms with Gasteiger partial charge in [-0.1, -0.05) is 0 Å². The molecule has 0 saturated heterocycles. The van der Waals surface area contributed by atoms with Crippen molar-refractivity contribution in [3.63, 3.8) is 0 Å². The molecule has 0 atom stereocenters. The summed E-state index contributed by atoms with van der Waals surface area (Å²) in [4.78, 5) is 10.5. The van der Waals surface area contributed by atoms with Crippen molar-refractivity contribution in [1.29, 1.82) is 0 Å². The normalized spacial score (nSPS) is 10.4. The van der Waals surface area contributed by atoms with Crippen molar-refractivity contribution in [3.05, 3.63) is 0 Å². The molecule has 2 N–H and O–H groups in total. The van der Waals surface area contributed by atoms with Gasteiger partial charge in [-0.2, -0.15) is 0 Å². The summed E-state index contributed by atoms with van der Waals surface area (Å²) >= 11 is 0. The average molecular weight is 158 g/mol. The average Bonchev–Trinajstić information content (AvgIpc) is 1.86. The van der Waals surface area contributed by atoms with E-state index in [0.29, 0.717) is 0 Å². The molecule has 0 aromatic rings. The molecule has 0 aromatic carbocycles. The Kier molecular flexibility index (Phi) is 3.58. The first-order valence-corrected chi connectivity index (χ1v) is 3.04. The number of carbonyl (C=O) groups is 1. The summed E-state index contributed by atoms with van der Waals surface area (Å²) in [7, 11) is 0. The molecule has 0 saturated carbocycles. The Labute approximate surface area is 64.8 Å². The minimum absolute atomic E-state index is 0.00600. The van der Waals surface area contributed by atoms with Crippen LogP contribution < -0.4 is 0 Å². The lowest BCUT2D eigenvalue weighted by atomic mass is 10.3.